The molecular weight excluding hydrogens is 499 g/mol. The van der Waals surface area contributed by atoms with E-state index in [0.717, 1.165) is 31.2 Å². The van der Waals surface area contributed by atoms with Gasteiger partial charge in [-0.05, 0) is 67.3 Å². The van der Waals surface area contributed by atoms with E-state index in [-0.39, 0.29) is 29.5 Å². The Hall–Kier alpha value is -2.90. The molecule has 0 atom stereocenters. The molecule has 1 saturated carbocycles. The number of amides is 1. The molecule has 36 heavy (non-hydrogen) atoms. The van der Waals surface area contributed by atoms with Gasteiger partial charge in [-0.15, -0.1) is 0 Å². The molecule has 2 heterocycles. The van der Waals surface area contributed by atoms with Crippen molar-refractivity contribution in [1.82, 2.24) is 20.1 Å². The second-order valence-corrected chi connectivity index (χ2v) is 11.2. The number of carbonyl (C=O) groups is 2. The Morgan fingerprint density at radius 1 is 1.06 bits per heavy atom. The first-order chi connectivity index (χ1) is 17.0. The number of benzene rings is 1. The van der Waals surface area contributed by atoms with E-state index in [9.17, 15) is 9.59 Å². The van der Waals surface area contributed by atoms with Crippen LogP contribution in [-0.4, -0.2) is 37.8 Å². The molecule has 0 saturated heterocycles. The molecule has 4 rings (SSSR count). The van der Waals surface area contributed by atoms with E-state index in [1.807, 2.05) is 0 Å². The van der Waals surface area contributed by atoms with Gasteiger partial charge in [0.15, 0.2) is 0 Å². The van der Waals surface area contributed by atoms with Crippen LogP contribution in [0.4, 0.5) is 0 Å². The van der Waals surface area contributed by atoms with E-state index >= 15 is 0 Å². The summed E-state index contributed by atoms with van der Waals surface area (Å²) in [6.45, 7) is 7.03. The number of hydrogen-bond acceptors (Lipinski definition) is 4. The molecule has 0 spiro atoms. The molecule has 0 radical (unpaired) electrons. The van der Waals surface area contributed by atoms with Gasteiger partial charge in [0, 0.05) is 17.8 Å². The van der Waals surface area contributed by atoms with Crippen LogP contribution in [0.2, 0.25) is 10.0 Å². The lowest BCUT2D eigenvalue weighted by Gasteiger charge is -2.37. The highest BCUT2D eigenvalue weighted by Gasteiger charge is 2.31. The van der Waals surface area contributed by atoms with Crippen LogP contribution in [-0.2, 0) is 6.54 Å². The van der Waals surface area contributed by atoms with Crippen LogP contribution in [0.15, 0.2) is 42.6 Å². The summed E-state index contributed by atoms with van der Waals surface area (Å²) in [5, 5.41) is 17.8. The number of halogens is 2. The van der Waals surface area contributed by atoms with Gasteiger partial charge in [-0.2, -0.15) is 5.10 Å². The number of aromatic carboxylic acids is 1. The van der Waals surface area contributed by atoms with Crippen molar-refractivity contribution in [3.05, 3.63) is 69.6 Å². The standard InChI is InChI=1S/C27H30Cl2N4O3/c1-27(2,3)18-6-9-19(10-7-18)31-25(34)24-13-23(16-5-11-21(28)22(29)12-16)32-33(24)15-20-8-4-17(14-30-20)26(35)36/h4-5,8,11-14,18-19H,6-7,9-10,15H2,1-3H3,(H,31,34)(H,35,36). The van der Waals surface area contributed by atoms with Crippen LogP contribution >= 0.6 is 23.2 Å². The Morgan fingerprint density at radius 2 is 1.78 bits per heavy atom. The predicted octanol–water partition coefficient (Wildman–Crippen LogP) is 6.33. The van der Waals surface area contributed by atoms with Crippen molar-refractivity contribution in [2.24, 2.45) is 11.3 Å². The first kappa shape index (κ1) is 26.2. The molecule has 9 heteroatoms. The van der Waals surface area contributed by atoms with E-state index in [1.165, 1.54) is 12.3 Å². The first-order valence-corrected chi connectivity index (χ1v) is 12.8. The zero-order valence-electron chi connectivity index (χ0n) is 20.6. The van der Waals surface area contributed by atoms with Crippen molar-refractivity contribution in [1.29, 1.82) is 0 Å². The molecule has 3 aromatic rings. The molecule has 1 amide bonds. The monoisotopic (exact) mass is 528 g/mol. The van der Waals surface area contributed by atoms with Crippen LogP contribution in [0.3, 0.4) is 0 Å². The number of carbonyl (C=O) groups excluding carboxylic acids is 1. The minimum absolute atomic E-state index is 0.0968. The number of nitrogens with zero attached hydrogens (tertiary/aromatic N) is 3. The largest absolute Gasteiger partial charge is 0.478 e. The molecule has 190 valence electrons. The fraction of sp³-hybridized carbons (Fsp3) is 0.407. The predicted molar refractivity (Wildman–Crippen MR) is 141 cm³/mol. The summed E-state index contributed by atoms with van der Waals surface area (Å²) >= 11 is 12.3. The van der Waals surface area contributed by atoms with E-state index < -0.39 is 5.97 Å². The highest BCUT2D eigenvalue weighted by molar-refractivity contribution is 6.42. The third-order valence-electron chi connectivity index (χ3n) is 6.90. The zero-order valence-corrected chi connectivity index (χ0v) is 22.1. The summed E-state index contributed by atoms with van der Waals surface area (Å²) in [6, 6.07) is 10.2. The van der Waals surface area contributed by atoms with Gasteiger partial charge in [-0.1, -0.05) is 50.0 Å². The van der Waals surface area contributed by atoms with Crippen LogP contribution in [0.5, 0.6) is 0 Å². The fourth-order valence-electron chi connectivity index (χ4n) is 4.68. The number of carboxylic acids is 1. The Labute approximate surface area is 220 Å². The molecule has 2 aromatic heterocycles. The van der Waals surface area contributed by atoms with E-state index in [0.29, 0.717) is 33.0 Å². The highest BCUT2D eigenvalue weighted by atomic mass is 35.5. The van der Waals surface area contributed by atoms with Gasteiger partial charge in [0.25, 0.3) is 5.91 Å². The third kappa shape index (κ3) is 6.08. The number of hydrogen-bond donors (Lipinski definition) is 2. The van der Waals surface area contributed by atoms with Gasteiger partial charge in [0.05, 0.1) is 33.5 Å². The van der Waals surface area contributed by atoms with Gasteiger partial charge < -0.3 is 10.4 Å². The van der Waals surface area contributed by atoms with E-state index in [4.69, 9.17) is 28.3 Å². The van der Waals surface area contributed by atoms with Crippen molar-refractivity contribution in [3.8, 4) is 11.3 Å². The summed E-state index contributed by atoms with van der Waals surface area (Å²) < 4.78 is 1.59. The number of carboxylic acid groups (broad SMARTS) is 1. The van der Waals surface area contributed by atoms with Gasteiger partial charge in [0.2, 0.25) is 0 Å². The van der Waals surface area contributed by atoms with Crippen molar-refractivity contribution >= 4 is 35.1 Å². The minimum Gasteiger partial charge on any atom is -0.478 e. The molecule has 0 unspecified atom stereocenters. The average molecular weight is 529 g/mol. The molecule has 0 aliphatic heterocycles. The Balaban J connectivity index is 1.58. The topological polar surface area (TPSA) is 97.1 Å². The van der Waals surface area contributed by atoms with Crippen molar-refractivity contribution in [2.45, 2.75) is 59.0 Å². The molecule has 0 bridgehead atoms. The Morgan fingerprint density at radius 3 is 2.36 bits per heavy atom. The van der Waals surface area contributed by atoms with Crippen molar-refractivity contribution in [3.63, 3.8) is 0 Å². The molecule has 1 fully saturated rings. The summed E-state index contributed by atoms with van der Waals surface area (Å²) in [7, 11) is 0. The smallest absolute Gasteiger partial charge is 0.337 e. The minimum atomic E-state index is -1.05. The average Bonchev–Trinajstić information content (AvgIpc) is 3.25. The maximum absolute atomic E-state index is 13.4. The molecule has 1 aliphatic rings. The maximum Gasteiger partial charge on any atom is 0.337 e. The zero-order chi connectivity index (χ0) is 26.0. The second kappa shape index (κ2) is 10.6. The SMILES string of the molecule is CC(C)(C)C1CCC(NC(=O)c2cc(-c3ccc(Cl)c(Cl)c3)nn2Cc2ccc(C(=O)O)cn2)CC1. The normalized spacial score (nSPS) is 18.1. The molecule has 7 nitrogen and oxygen atoms in total. The molecule has 2 N–H and O–H groups in total. The van der Waals surface area contributed by atoms with Gasteiger partial charge in [-0.3, -0.25) is 14.5 Å². The number of rotatable bonds is 6. The van der Waals surface area contributed by atoms with Crippen LogP contribution < -0.4 is 5.32 Å². The van der Waals surface area contributed by atoms with Crippen molar-refractivity contribution in [2.75, 3.05) is 0 Å². The van der Waals surface area contributed by atoms with Crippen LogP contribution in [0.1, 0.15) is 73.0 Å². The Bertz CT molecular complexity index is 1260. The summed E-state index contributed by atoms with van der Waals surface area (Å²) in [5.41, 5.74) is 2.67. The lowest BCUT2D eigenvalue weighted by atomic mass is 9.71. The van der Waals surface area contributed by atoms with Crippen LogP contribution in [0.25, 0.3) is 11.3 Å². The van der Waals surface area contributed by atoms with E-state index in [2.05, 4.69) is 36.2 Å². The van der Waals surface area contributed by atoms with Gasteiger partial charge in [0.1, 0.15) is 5.69 Å². The third-order valence-corrected chi connectivity index (χ3v) is 7.64. The van der Waals surface area contributed by atoms with Crippen molar-refractivity contribution < 1.29 is 14.7 Å². The number of aromatic nitrogens is 3. The number of nitrogens with one attached hydrogen (secondary N) is 1. The van der Waals surface area contributed by atoms with Gasteiger partial charge >= 0.3 is 5.97 Å². The first-order valence-electron chi connectivity index (χ1n) is 12.0. The summed E-state index contributed by atoms with van der Waals surface area (Å²) in [4.78, 5) is 28.8. The highest BCUT2D eigenvalue weighted by Crippen LogP contribution is 2.38. The lowest BCUT2D eigenvalue weighted by molar-refractivity contribution is 0.0696. The van der Waals surface area contributed by atoms with Crippen LogP contribution in [0, 0.1) is 11.3 Å². The maximum atomic E-state index is 13.4. The summed E-state index contributed by atoms with van der Waals surface area (Å²) in [5.74, 6) is -0.594. The fourth-order valence-corrected chi connectivity index (χ4v) is 4.98. The quantitative estimate of drug-likeness (QED) is 0.389. The summed E-state index contributed by atoms with van der Waals surface area (Å²) in [6.07, 6.45) is 5.36. The second-order valence-electron chi connectivity index (χ2n) is 10.4. The lowest BCUT2D eigenvalue weighted by Crippen LogP contribution is -2.40. The molecular formula is C27H30Cl2N4O3. The van der Waals surface area contributed by atoms with E-state index in [1.54, 1.807) is 35.0 Å². The number of pyridine rings is 1. The molecule has 1 aromatic carbocycles. The Kier molecular flexibility index (Phi) is 7.71. The molecule has 1 aliphatic carbocycles. The van der Waals surface area contributed by atoms with Gasteiger partial charge in [-0.25, -0.2) is 4.79 Å².